The van der Waals surface area contributed by atoms with E-state index in [4.69, 9.17) is 14.2 Å². The first-order valence-corrected chi connectivity index (χ1v) is 10.3. The molecule has 0 unspecified atom stereocenters. The quantitative estimate of drug-likeness (QED) is 0.312. The van der Waals surface area contributed by atoms with Crippen molar-refractivity contribution in [1.82, 2.24) is 0 Å². The van der Waals surface area contributed by atoms with E-state index in [9.17, 15) is 15.0 Å². The normalized spacial score (nSPS) is 19.6. The Morgan fingerprint density at radius 1 is 0.862 bits per heavy atom. The van der Waals surface area contributed by atoms with Crippen LogP contribution in [-0.4, -0.2) is 75.1 Å². The number of rotatable bonds is 15. The summed E-state index contributed by atoms with van der Waals surface area (Å²) in [6.45, 7) is 7.75. The molecule has 0 saturated carbocycles. The molecule has 0 radical (unpaired) electrons. The van der Waals surface area contributed by atoms with Crippen LogP contribution in [0.1, 0.15) is 47.0 Å². The molecule has 7 atom stereocenters. The number of carbonyl (C=O) groups excluding carboxylic acids is 1. The highest BCUT2D eigenvalue weighted by Crippen LogP contribution is 2.27. The summed E-state index contributed by atoms with van der Waals surface area (Å²) in [6.07, 6.45) is 2.89. The van der Waals surface area contributed by atoms with Crippen molar-refractivity contribution >= 4 is 5.97 Å². The number of methoxy groups -OCH3 is 4. The Bertz CT molecular complexity index is 466. The number of aliphatic hydroxyl groups is 2. The maximum Gasteiger partial charge on any atom is 0.330 e. The third-order valence-corrected chi connectivity index (χ3v) is 5.76. The van der Waals surface area contributed by atoms with Gasteiger partial charge in [0.05, 0.1) is 37.6 Å². The second-order valence-corrected chi connectivity index (χ2v) is 8.06. The van der Waals surface area contributed by atoms with Crippen molar-refractivity contribution in [2.45, 2.75) is 77.5 Å². The summed E-state index contributed by atoms with van der Waals surface area (Å²) < 4.78 is 21.5. The van der Waals surface area contributed by atoms with E-state index in [0.717, 1.165) is 0 Å². The summed E-state index contributed by atoms with van der Waals surface area (Å²) in [4.78, 5) is 11.2. The molecule has 0 aromatic heterocycles. The number of hydrogen-bond acceptors (Lipinski definition) is 7. The molecule has 0 aliphatic heterocycles. The summed E-state index contributed by atoms with van der Waals surface area (Å²) in [6, 6.07) is 0. The van der Waals surface area contributed by atoms with Gasteiger partial charge in [0.25, 0.3) is 0 Å². The van der Waals surface area contributed by atoms with Crippen LogP contribution in [0.3, 0.4) is 0 Å². The number of esters is 1. The minimum Gasteiger partial charge on any atom is -0.466 e. The van der Waals surface area contributed by atoms with E-state index in [-0.39, 0.29) is 36.1 Å². The van der Waals surface area contributed by atoms with Gasteiger partial charge in [0.15, 0.2) is 0 Å². The summed E-state index contributed by atoms with van der Waals surface area (Å²) in [5.41, 5.74) is 0. The van der Waals surface area contributed by atoms with Gasteiger partial charge in [-0.05, 0) is 12.3 Å². The van der Waals surface area contributed by atoms with Crippen molar-refractivity contribution in [3.8, 4) is 0 Å². The van der Waals surface area contributed by atoms with Gasteiger partial charge in [-0.2, -0.15) is 0 Å². The fraction of sp³-hybridized carbons (Fsp3) is 0.864. The molecule has 7 heteroatoms. The van der Waals surface area contributed by atoms with Gasteiger partial charge in [-0.15, -0.1) is 0 Å². The molecule has 0 spiro atoms. The second kappa shape index (κ2) is 14.9. The first-order valence-electron chi connectivity index (χ1n) is 10.3. The van der Waals surface area contributed by atoms with Crippen LogP contribution in [0, 0.1) is 17.8 Å². The Morgan fingerprint density at radius 2 is 1.41 bits per heavy atom. The zero-order valence-corrected chi connectivity index (χ0v) is 19.3. The largest absolute Gasteiger partial charge is 0.466 e. The molecule has 0 saturated heterocycles. The fourth-order valence-electron chi connectivity index (χ4n) is 3.51. The molecule has 0 amide bonds. The maximum atomic E-state index is 11.2. The number of ether oxygens (including phenoxy) is 4. The Labute approximate surface area is 176 Å². The minimum atomic E-state index is -0.682. The third kappa shape index (κ3) is 10.0. The van der Waals surface area contributed by atoms with Gasteiger partial charge in [-0.25, -0.2) is 4.79 Å². The van der Waals surface area contributed by atoms with Crippen LogP contribution in [0.25, 0.3) is 0 Å². The van der Waals surface area contributed by atoms with E-state index < -0.39 is 18.2 Å². The van der Waals surface area contributed by atoms with Gasteiger partial charge >= 0.3 is 5.97 Å². The SMILES string of the molecule is COC(=O)/C=C/C[C@@H](C[C@H](OC)[C@H](C)[C@@H](C[C@H](O)[C@H](C)[C@H](O)C(C)C)OC)OC. The predicted octanol–water partition coefficient (Wildman–Crippen LogP) is 2.58. The molecule has 29 heavy (non-hydrogen) atoms. The first-order chi connectivity index (χ1) is 13.6. The molecule has 0 aliphatic rings. The van der Waals surface area contributed by atoms with E-state index in [2.05, 4.69) is 4.74 Å². The Morgan fingerprint density at radius 3 is 1.86 bits per heavy atom. The van der Waals surface area contributed by atoms with E-state index in [1.165, 1.54) is 13.2 Å². The summed E-state index contributed by atoms with van der Waals surface area (Å²) in [7, 11) is 6.23. The molecule has 0 fully saturated rings. The maximum absolute atomic E-state index is 11.2. The lowest BCUT2D eigenvalue weighted by atomic mass is 9.84. The average molecular weight is 419 g/mol. The van der Waals surface area contributed by atoms with Gasteiger partial charge in [0.1, 0.15) is 0 Å². The molecule has 172 valence electrons. The lowest BCUT2D eigenvalue weighted by Gasteiger charge is -2.34. The van der Waals surface area contributed by atoms with Crippen molar-refractivity contribution in [3.63, 3.8) is 0 Å². The van der Waals surface area contributed by atoms with E-state index in [1.807, 2.05) is 27.7 Å². The van der Waals surface area contributed by atoms with Crippen LogP contribution >= 0.6 is 0 Å². The molecule has 0 aromatic carbocycles. The van der Waals surface area contributed by atoms with Crippen LogP contribution < -0.4 is 0 Å². The molecule has 2 N–H and O–H groups in total. The lowest BCUT2D eigenvalue weighted by molar-refractivity contribution is -0.134. The molecule has 0 bridgehead atoms. The molecule has 0 aromatic rings. The molecular weight excluding hydrogens is 376 g/mol. The summed E-state index contributed by atoms with van der Waals surface area (Å²) >= 11 is 0. The predicted molar refractivity (Wildman–Crippen MR) is 113 cm³/mol. The van der Waals surface area contributed by atoms with E-state index in [1.54, 1.807) is 27.4 Å². The van der Waals surface area contributed by atoms with Crippen LogP contribution in [0.15, 0.2) is 12.2 Å². The molecule has 0 heterocycles. The smallest absolute Gasteiger partial charge is 0.330 e. The standard InChI is InChI=1S/C22H42O7/c1-14(2)22(25)15(3)18(23)13-20(28-7)16(4)19(27-6)12-17(26-5)10-9-11-21(24)29-8/h9,11,14-20,22-23,25H,10,12-13H2,1-8H3/b11-9+/t15-,16-,17-,18-,19-,20+,22+/m0/s1. The highest BCUT2D eigenvalue weighted by molar-refractivity contribution is 5.81. The van der Waals surface area contributed by atoms with Gasteiger partial charge in [-0.1, -0.05) is 33.8 Å². The zero-order valence-electron chi connectivity index (χ0n) is 19.3. The van der Waals surface area contributed by atoms with Gasteiger partial charge in [0, 0.05) is 52.1 Å². The molecule has 0 rings (SSSR count). The topological polar surface area (TPSA) is 94.5 Å². The van der Waals surface area contributed by atoms with Crippen LogP contribution in [0.4, 0.5) is 0 Å². The van der Waals surface area contributed by atoms with Gasteiger partial charge in [-0.3, -0.25) is 0 Å². The van der Waals surface area contributed by atoms with Gasteiger partial charge in [0.2, 0.25) is 0 Å². The van der Waals surface area contributed by atoms with Crippen LogP contribution in [0.2, 0.25) is 0 Å². The summed E-state index contributed by atoms with van der Waals surface area (Å²) in [5.74, 6) is -0.589. The van der Waals surface area contributed by atoms with Crippen molar-refractivity contribution in [1.29, 1.82) is 0 Å². The average Bonchev–Trinajstić information content (AvgIpc) is 2.72. The Kier molecular flexibility index (Phi) is 14.4. The van der Waals surface area contributed by atoms with Crippen LogP contribution in [0.5, 0.6) is 0 Å². The highest BCUT2D eigenvalue weighted by Gasteiger charge is 2.33. The molecule has 0 aliphatic carbocycles. The van der Waals surface area contributed by atoms with Crippen molar-refractivity contribution in [2.75, 3.05) is 28.4 Å². The lowest BCUT2D eigenvalue weighted by Crippen LogP contribution is -2.40. The van der Waals surface area contributed by atoms with Crippen molar-refractivity contribution < 1.29 is 34.0 Å². The minimum absolute atomic E-state index is 0.00900. The monoisotopic (exact) mass is 418 g/mol. The Balaban J connectivity index is 4.97. The van der Waals surface area contributed by atoms with E-state index in [0.29, 0.717) is 19.3 Å². The van der Waals surface area contributed by atoms with E-state index >= 15 is 0 Å². The zero-order chi connectivity index (χ0) is 22.6. The third-order valence-electron chi connectivity index (χ3n) is 5.76. The highest BCUT2D eigenvalue weighted by atomic mass is 16.5. The Hall–Kier alpha value is -0.990. The molecule has 7 nitrogen and oxygen atoms in total. The van der Waals surface area contributed by atoms with Gasteiger partial charge < -0.3 is 29.2 Å². The fourth-order valence-corrected chi connectivity index (χ4v) is 3.51. The number of hydrogen-bond donors (Lipinski definition) is 2. The second-order valence-electron chi connectivity index (χ2n) is 8.06. The van der Waals surface area contributed by atoms with Crippen LogP contribution in [-0.2, 0) is 23.7 Å². The summed E-state index contributed by atoms with van der Waals surface area (Å²) in [5, 5.41) is 20.9. The number of aliphatic hydroxyl groups excluding tert-OH is 2. The number of carbonyl (C=O) groups is 1. The van der Waals surface area contributed by atoms with Crippen molar-refractivity contribution in [2.24, 2.45) is 17.8 Å². The molecular formula is C22H42O7. The van der Waals surface area contributed by atoms with Crippen molar-refractivity contribution in [3.05, 3.63) is 12.2 Å². The first kappa shape index (κ1) is 28.0.